The second kappa shape index (κ2) is 6.80. The summed E-state index contributed by atoms with van der Waals surface area (Å²) in [7, 11) is -3.55. The number of anilines is 1. The Morgan fingerprint density at radius 3 is 2.94 bits per heavy atom. The first-order valence-corrected chi connectivity index (χ1v) is 7.88. The first-order chi connectivity index (χ1) is 8.11. The fraction of sp³-hybridized carbons (Fsp3) is 0.444. The van der Waals surface area contributed by atoms with E-state index in [1.165, 1.54) is 18.5 Å². The standard InChI is InChI=1S/C9H16N4O2S2/c1-16-6-2-4-12-17(14,15)9-7-11-5-3-8(9)13-10/h3,5,7,12H,2,4,6,10H2,1H3,(H,11,13). The Morgan fingerprint density at radius 2 is 2.29 bits per heavy atom. The largest absolute Gasteiger partial charge is 0.323 e. The molecule has 0 unspecified atom stereocenters. The van der Waals surface area contributed by atoms with Crippen molar-refractivity contribution < 1.29 is 8.42 Å². The van der Waals surface area contributed by atoms with Crippen LogP contribution in [0.25, 0.3) is 0 Å². The fourth-order valence-corrected chi connectivity index (χ4v) is 2.83. The normalized spacial score (nSPS) is 11.4. The average molecular weight is 276 g/mol. The van der Waals surface area contributed by atoms with Crippen LogP contribution in [0, 0.1) is 0 Å². The fourth-order valence-electron chi connectivity index (χ4n) is 1.21. The summed E-state index contributed by atoms with van der Waals surface area (Å²) >= 11 is 1.68. The van der Waals surface area contributed by atoms with Gasteiger partial charge in [0.15, 0.2) is 0 Å². The molecule has 0 radical (unpaired) electrons. The van der Waals surface area contributed by atoms with E-state index in [2.05, 4.69) is 15.1 Å². The van der Waals surface area contributed by atoms with Gasteiger partial charge in [-0.2, -0.15) is 11.8 Å². The van der Waals surface area contributed by atoms with E-state index in [-0.39, 0.29) is 4.90 Å². The summed E-state index contributed by atoms with van der Waals surface area (Å²) in [5.74, 6) is 6.16. The van der Waals surface area contributed by atoms with Gasteiger partial charge in [0.2, 0.25) is 10.0 Å². The predicted octanol–water partition coefficient (Wildman–Crippen LogP) is 0.399. The first-order valence-electron chi connectivity index (χ1n) is 5.01. The number of aromatic nitrogens is 1. The maximum Gasteiger partial charge on any atom is 0.244 e. The average Bonchev–Trinajstić information content (AvgIpc) is 2.34. The minimum absolute atomic E-state index is 0.0617. The van der Waals surface area contributed by atoms with E-state index in [9.17, 15) is 8.42 Å². The molecule has 0 saturated carbocycles. The molecule has 1 heterocycles. The number of hydrogen-bond donors (Lipinski definition) is 3. The molecule has 1 aromatic heterocycles. The molecule has 0 saturated heterocycles. The van der Waals surface area contributed by atoms with Crippen LogP contribution in [0.1, 0.15) is 6.42 Å². The predicted molar refractivity (Wildman–Crippen MR) is 70.2 cm³/mol. The monoisotopic (exact) mass is 276 g/mol. The number of thioether (sulfide) groups is 1. The number of hydrazine groups is 1. The molecule has 0 aromatic carbocycles. The smallest absolute Gasteiger partial charge is 0.244 e. The van der Waals surface area contributed by atoms with E-state index in [0.717, 1.165) is 12.2 Å². The van der Waals surface area contributed by atoms with Gasteiger partial charge in [-0.3, -0.25) is 10.8 Å². The van der Waals surface area contributed by atoms with Gasteiger partial charge in [0.05, 0.1) is 5.69 Å². The summed E-state index contributed by atoms with van der Waals surface area (Å²) in [6.07, 6.45) is 5.51. The van der Waals surface area contributed by atoms with Crippen LogP contribution in [0.2, 0.25) is 0 Å². The van der Waals surface area contributed by atoms with Gasteiger partial charge < -0.3 is 5.43 Å². The Hall–Kier alpha value is -0.830. The molecule has 8 heteroatoms. The van der Waals surface area contributed by atoms with Crippen LogP contribution in [0.15, 0.2) is 23.4 Å². The van der Waals surface area contributed by atoms with Gasteiger partial charge in [0.25, 0.3) is 0 Å². The highest BCUT2D eigenvalue weighted by Gasteiger charge is 2.17. The van der Waals surface area contributed by atoms with Crippen LogP contribution in [0.4, 0.5) is 5.69 Å². The number of nitrogen functional groups attached to an aromatic ring is 1. The maximum atomic E-state index is 11.9. The van der Waals surface area contributed by atoms with Gasteiger partial charge in [-0.05, 0) is 24.5 Å². The van der Waals surface area contributed by atoms with Crippen LogP contribution < -0.4 is 16.0 Å². The topological polar surface area (TPSA) is 97.1 Å². The molecule has 17 heavy (non-hydrogen) atoms. The lowest BCUT2D eigenvalue weighted by Crippen LogP contribution is -2.26. The lowest BCUT2D eigenvalue weighted by atomic mass is 10.4. The molecule has 1 aromatic rings. The Kier molecular flexibility index (Phi) is 5.69. The molecule has 1 rings (SSSR count). The van der Waals surface area contributed by atoms with Gasteiger partial charge in [0, 0.05) is 18.9 Å². The van der Waals surface area contributed by atoms with Crippen molar-refractivity contribution in [2.75, 3.05) is 24.0 Å². The molecule has 4 N–H and O–H groups in total. The first kappa shape index (κ1) is 14.2. The van der Waals surface area contributed by atoms with Crippen molar-refractivity contribution in [1.29, 1.82) is 0 Å². The molecule has 0 amide bonds. The minimum atomic E-state index is -3.55. The van der Waals surface area contributed by atoms with Crippen molar-refractivity contribution in [3.05, 3.63) is 18.5 Å². The van der Waals surface area contributed by atoms with Crippen LogP contribution in [0.5, 0.6) is 0 Å². The Bertz CT molecular complexity index is 450. The quantitative estimate of drug-likeness (QED) is 0.379. The summed E-state index contributed by atoms with van der Waals surface area (Å²) in [6, 6.07) is 1.51. The minimum Gasteiger partial charge on any atom is -0.323 e. The number of nitrogens with zero attached hydrogens (tertiary/aromatic N) is 1. The molecule has 0 aliphatic rings. The molecule has 0 aliphatic heterocycles. The SMILES string of the molecule is CSCCCNS(=O)(=O)c1cnccc1NN. The van der Waals surface area contributed by atoms with Crippen molar-refractivity contribution in [2.24, 2.45) is 5.84 Å². The third kappa shape index (κ3) is 4.15. The highest BCUT2D eigenvalue weighted by atomic mass is 32.2. The van der Waals surface area contributed by atoms with E-state index < -0.39 is 10.0 Å². The second-order valence-electron chi connectivity index (χ2n) is 3.26. The van der Waals surface area contributed by atoms with Crippen molar-refractivity contribution >= 4 is 27.5 Å². The molecule has 0 aliphatic carbocycles. The summed E-state index contributed by atoms with van der Waals surface area (Å²) < 4.78 is 26.4. The van der Waals surface area contributed by atoms with Crippen LogP contribution in [0.3, 0.4) is 0 Å². The number of sulfonamides is 1. The highest BCUT2D eigenvalue weighted by molar-refractivity contribution is 7.98. The summed E-state index contributed by atoms with van der Waals surface area (Å²) in [5.41, 5.74) is 2.67. The third-order valence-corrected chi connectivity index (χ3v) is 4.23. The Morgan fingerprint density at radius 1 is 1.53 bits per heavy atom. The number of nitrogens with two attached hydrogens (primary N) is 1. The summed E-state index contributed by atoms with van der Waals surface area (Å²) in [4.78, 5) is 3.85. The van der Waals surface area contributed by atoms with E-state index >= 15 is 0 Å². The zero-order valence-electron chi connectivity index (χ0n) is 9.51. The van der Waals surface area contributed by atoms with E-state index in [4.69, 9.17) is 5.84 Å². The molecule has 6 nitrogen and oxygen atoms in total. The maximum absolute atomic E-state index is 11.9. The van der Waals surface area contributed by atoms with Gasteiger partial charge in [-0.1, -0.05) is 0 Å². The molecule has 0 fully saturated rings. The third-order valence-electron chi connectivity index (χ3n) is 2.05. The highest BCUT2D eigenvalue weighted by Crippen LogP contribution is 2.17. The van der Waals surface area contributed by atoms with Crippen molar-refractivity contribution in [2.45, 2.75) is 11.3 Å². The number of nitrogens with one attached hydrogen (secondary N) is 2. The number of pyridine rings is 1. The number of rotatable bonds is 7. The van der Waals surface area contributed by atoms with Crippen LogP contribution in [-0.2, 0) is 10.0 Å². The van der Waals surface area contributed by atoms with Gasteiger partial charge >= 0.3 is 0 Å². The number of hydrogen-bond acceptors (Lipinski definition) is 6. The summed E-state index contributed by atoms with van der Waals surface area (Å²) in [6.45, 7) is 0.405. The molecule has 96 valence electrons. The zero-order valence-corrected chi connectivity index (χ0v) is 11.1. The zero-order chi connectivity index (χ0) is 12.7. The Labute approximate surface area is 105 Å². The second-order valence-corrected chi connectivity index (χ2v) is 5.98. The Balaban J connectivity index is 2.75. The van der Waals surface area contributed by atoms with Crippen molar-refractivity contribution in [3.8, 4) is 0 Å². The van der Waals surface area contributed by atoms with E-state index in [1.54, 1.807) is 11.8 Å². The lowest BCUT2D eigenvalue weighted by molar-refractivity contribution is 0.581. The molecular weight excluding hydrogens is 260 g/mol. The molecular formula is C9H16N4O2S2. The van der Waals surface area contributed by atoms with Gasteiger partial charge in [0.1, 0.15) is 4.90 Å². The van der Waals surface area contributed by atoms with Crippen molar-refractivity contribution in [1.82, 2.24) is 9.71 Å². The van der Waals surface area contributed by atoms with Gasteiger partial charge in [-0.25, -0.2) is 13.1 Å². The van der Waals surface area contributed by atoms with Crippen LogP contribution >= 0.6 is 11.8 Å². The van der Waals surface area contributed by atoms with Gasteiger partial charge in [-0.15, -0.1) is 0 Å². The molecule has 0 bridgehead atoms. The summed E-state index contributed by atoms with van der Waals surface area (Å²) in [5, 5.41) is 0. The lowest BCUT2D eigenvalue weighted by Gasteiger charge is -2.09. The molecule has 0 spiro atoms. The van der Waals surface area contributed by atoms with Crippen molar-refractivity contribution in [3.63, 3.8) is 0 Å². The van der Waals surface area contributed by atoms with E-state index in [0.29, 0.717) is 12.2 Å². The van der Waals surface area contributed by atoms with Crippen LogP contribution in [-0.4, -0.2) is 32.0 Å². The molecule has 0 atom stereocenters. The van der Waals surface area contributed by atoms with E-state index in [1.807, 2.05) is 6.26 Å².